The lowest BCUT2D eigenvalue weighted by molar-refractivity contribution is 0.171. The molecule has 3 rings (SSSR count). The summed E-state index contributed by atoms with van der Waals surface area (Å²) in [5.41, 5.74) is 6.80. The average Bonchev–Trinajstić information content (AvgIpc) is 2.79. The molecule has 1 heterocycles. The quantitative estimate of drug-likeness (QED) is 0.783. The minimum Gasteiger partial charge on any atom is -0.504 e. The van der Waals surface area contributed by atoms with Crippen molar-refractivity contribution in [2.45, 2.75) is 37.6 Å². The van der Waals surface area contributed by atoms with Gasteiger partial charge in [-0.15, -0.1) is 0 Å². The van der Waals surface area contributed by atoms with E-state index < -0.39 is 5.54 Å². The lowest BCUT2D eigenvalue weighted by Gasteiger charge is -2.34. The molecular weight excluding hydrogens is 218 g/mol. The molecule has 1 aromatic carbocycles. The zero-order chi connectivity index (χ0) is 11.9. The largest absolute Gasteiger partial charge is 0.504 e. The van der Waals surface area contributed by atoms with Crippen molar-refractivity contribution < 1.29 is 14.6 Å². The van der Waals surface area contributed by atoms with E-state index in [2.05, 4.69) is 0 Å². The maximum Gasteiger partial charge on any atom is 0.231 e. The Morgan fingerprint density at radius 2 is 1.88 bits per heavy atom. The fourth-order valence-corrected chi connectivity index (χ4v) is 2.81. The molecule has 1 aromatic rings. The van der Waals surface area contributed by atoms with E-state index in [1.165, 1.54) is 6.42 Å². The third kappa shape index (κ3) is 1.63. The Hall–Kier alpha value is -1.42. The first-order chi connectivity index (χ1) is 8.21. The molecule has 1 saturated carbocycles. The monoisotopic (exact) mass is 235 g/mol. The van der Waals surface area contributed by atoms with Crippen molar-refractivity contribution in [1.82, 2.24) is 0 Å². The summed E-state index contributed by atoms with van der Waals surface area (Å²) in [6.07, 6.45) is 5.29. The maximum atomic E-state index is 10.2. The number of rotatable bonds is 1. The van der Waals surface area contributed by atoms with Gasteiger partial charge in [-0.1, -0.05) is 19.3 Å². The van der Waals surface area contributed by atoms with E-state index in [4.69, 9.17) is 15.2 Å². The molecule has 0 radical (unpaired) electrons. The van der Waals surface area contributed by atoms with Gasteiger partial charge in [-0.2, -0.15) is 0 Å². The van der Waals surface area contributed by atoms with Gasteiger partial charge in [-0.25, -0.2) is 0 Å². The van der Waals surface area contributed by atoms with Crippen LogP contribution in [0.15, 0.2) is 12.1 Å². The normalized spacial score (nSPS) is 21.5. The average molecular weight is 235 g/mol. The smallest absolute Gasteiger partial charge is 0.231 e. The van der Waals surface area contributed by atoms with Crippen LogP contribution in [0.4, 0.5) is 0 Å². The topological polar surface area (TPSA) is 64.7 Å². The van der Waals surface area contributed by atoms with E-state index in [0.29, 0.717) is 11.5 Å². The van der Waals surface area contributed by atoms with Gasteiger partial charge in [0, 0.05) is 11.1 Å². The zero-order valence-electron chi connectivity index (χ0n) is 9.74. The lowest BCUT2D eigenvalue weighted by atomic mass is 9.77. The Kier molecular flexibility index (Phi) is 2.40. The van der Waals surface area contributed by atoms with Crippen molar-refractivity contribution in [2.75, 3.05) is 6.79 Å². The van der Waals surface area contributed by atoms with Crippen molar-refractivity contribution in [1.29, 1.82) is 0 Å². The van der Waals surface area contributed by atoms with E-state index in [1.807, 2.05) is 12.1 Å². The fourth-order valence-electron chi connectivity index (χ4n) is 2.81. The highest BCUT2D eigenvalue weighted by Gasteiger charge is 2.34. The van der Waals surface area contributed by atoms with Gasteiger partial charge in [0.05, 0.1) is 0 Å². The molecule has 3 N–H and O–H groups in total. The second-order valence-electron chi connectivity index (χ2n) is 4.91. The molecule has 0 amide bonds. The SMILES string of the molecule is NC1(c2ccc3c(c2O)OCO3)CCCCC1. The van der Waals surface area contributed by atoms with Crippen LogP contribution in [0.1, 0.15) is 37.7 Å². The summed E-state index contributed by atoms with van der Waals surface area (Å²) in [6, 6.07) is 3.70. The third-order valence-electron chi connectivity index (χ3n) is 3.80. The maximum absolute atomic E-state index is 10.2. The Bertz CT molecular complexity index is 439. The number of benzene rings is 1. The third-order valence-corrected chi connectivity index (χ3v) is 3.80. The van der Waals surface area contributed by atoms with E-state index in [-0.39, 0.29) is 12.5 Å². The first-order valence-electron chi connectivity index (χ1n) is 6.12. The van der Waals surface area contributed by atoms with Gasteiger partial charge in [0.15, 0.2) is 11.5 Å². The predicted octanol–water partition coefficient (Wildman–Crippen LogP) is 2.24. The zero-order valence-corrected chi connectivity index (χ0v) is 9.74. The molecule has 0 unspecified atom stereocenters. The van der Waals surface area contributed by atoms with Crippen LogP contribution < -0.4 is 15.2 Å². The second kappa shape index (κ2) is 3.81. The molecule has 0 bridgehead atoms. The number of nitrogens with two attached hydrogens (primary N) is 1. The molecule has 4 heteroatoms. The molecule has 0 aromatic heterocycles. The Labute approximate surface area is 100 Å². The number of fused-ring (bicyclic) bond motifs is 1. The molecule has 2 aliphatic rings. The van der Waals surface area contributed by atoms with E-state index in [9.17, 15) is 5.11 Å². The number of hydrogen-bond donors (Lipinski definition) is 2. The molecular formula is C13H17NO3. The molecule has 0 spiro atoms. The van der Waals surface area contributed by atoms with Crippen LogP contribution in [0.5, 0.6) is 17.2 Å². The Morgan fingerprint density at radius 3 is 2.65 bits per heavy atom. The van der Waals surface area contributed by atoms with Gasteiger partial charge in [0.25, 0.3) is 0 Å². The molecule has 1 aliphatic carbocycles. The highest BCUT2D eigenvalue weighted by molar-refractivity contribution is 5.58. The summed E-state index contributed by atoms with van der Waals surface area (Å²) in [5.74, 6) is 1.20. The molecule has 1 aliphatic heterocycles. The van der Waals surface area contributed by atoms with Gasteiger partial charge in [-0.05, 0) is 25.0 Å². The summed E-state index contributed by atoms with van der Waals surface area (Å²) in [7, 11) is 0. The summed E-state index contributed by atoms with van der Waals surface area (Å²) in [4.78, 5) is 0. The van der Waals surface area contributed by atoms with Crippen molar-refractivity contribution in [3.05, 3.63) is 17.7 Å². The van der Waals surface area contributed by atoms with Crippen LogP contribution in [0.3, 0.4) is 0 Å². The van der Waals surface area contributed by atoms with E-state index in [0.717, 1.165) is 31.2 Å². The van der Waals surface area contributed by atoms with Gasteiger partial charge in [-0.3, -0.25) is 0 Å². The number of phenols is 1. The summed E-state index contributed by atoms with van der Waals surface area (Å²) < 4.78 is 10.5. The Balaban J connectivity index is 2.03. The van der Waals surface area contributed by atoms with Crippen LogP contribution in [-0.4, -0.2) is 11.9 Å². The van der Waals surface area contributed by atoms with E-state index in [1.54, 1.807) is 0 Å². The lowest BCUT2D eigenvalue weighted by Crippen LogP contribution is -2.38. The molecule has 1 fully saturated rings. The van der Waals surface area contributed by atoms with Crippen LogP contribution in [0.2, 0.25) is 0 Å². The van der Waals surface area contributed by atoms with Gasteiger partial charge in [0.1, 0.15) is 0 Å². The van der Waals surface area contributed by atoms with Gasteiger partial charge < -0.3 is 20.3 Å². The van der Waals surface area contributed by atoms with Crippen LogP contribution in [0, 0.1) is 0 Å². The first kappa shape index (κ1) is 10.7. The number of ether oxygens (including phenoxy) is 2. The minimum atomic E-state index is -0.413. The van der Waals surface area contributed by atoms with Crippen LogP contribution in [0.25, 0.3) is 0 Å². The van der Waals surface area contributed by atoms with Crippen LogP contribution >= 0.6 is 0 Å². The molecule has 4 nitrogen and oxygen atoms in total. The second-order valence-corrected chi connectivity index (χ2v) is 4.91. The standard InChI is InChI=1S/C13H17NO3/c14-13(6-2-1-3-7-13)9-4-5-10-12(11(9)15)17-8-16-10/h4-5,15H,1-3,6-8,14H2. The van der Waals surface area contributed by atoms with Crippen molar-refractivity contribution in [3.63, 3.8) is 0 Å². The summed E-state index contributed by atoms with van der Waals surface area (Å²) in [6.45, 7) is 0.171. The summed E-state index contributed by atoms with van der Waals surface area (Å²) >= 11 is 0. The Morgan fingerprint density at radius 1 is 1.12 bits per heavy atom. The fraction of sp³-hybridized carbons (Fsp3) is 0.538. The predicted molar refractivity (Wildman–Crippen MR) is 63.2 cm³/mol. The van der Waals surface area contributed by atoms with Crippen molar-refractivity contribution in [3.8, 4) is 17.2 Å². The highest BCUT2D eigenvalue weighted by Crippen LogP contribution is 2.48. The number of aromatic hydroxyl groups is 1. The van der Waals surface area contributed by atoms with Gasteiger partial charge in [0.2, 0.25) is 12.5 Å². The molecule has 92 valence electrons. The van der Waals surface area contributed by atoms with Crippen molar-refractivity contribution in [2.24, 2.45) is 5.73 Å². The van der Waals surface area contributed by atoms with E-state index >= 15 is 0 Å². The number of phenolic OH excluding ortho intramolecular Hbond substituents is 1. The molecule has 0 saturated heterocycles. The minimum absolute atomic E-state index is 0.157. The highest BCUT2D eigenvalue weighted by atomic mass is 16.7. The van der Waals surface area contributed by atoms with Gasteiger partial charge >= 0.3 is 0 Å². The first-order valence-corrected chi connectivity index (χ1v) is 6.12. The number of hydrogen-bond acceptors (Lipinski definition) is 4. The summed E-state index contributed by atoms with van der Waals surface area (Å²) in [5, 5.41) is 10.2. The van der Waals surface area contributed by atoms with Crippen molar-refractivity contribution >= 4 is 0 Å². The molecule has 17 heavy (non-hydrogen) atoms. The molecule has 0 atom stereocenters. The van der Waals surface area contributed by atoms with Crippen LogP contribution in [-0.2, 0) is 5.54 Å².